The Labute approximate surface area is 108 Å². The van der Waals surface area contributed by atoms with Crippen molar-refractivity contribution in [2.45, 2.75) is 43.5 Å². The molecule has 1 fully saturated rings. The van der Waals surface area contributed by atoms with Gasteiger partial charge < -0.3 is 0 Å². The van der Waals surface area contributed by atoms with Crippen LogP contribution < -0.4 is 11.3 Å². The fourth-order valence-electron chi connectivity index (χ4n) is 1.97. The molecule has 1 saturated carbocycles. The molecule has 1 atom stereocenters. The zero-order chi connectivity index (χ0) is 12.1. The Morgan fingerprint density at radius 3 is 2.82 bits per heavy atom. The van der Waals surface area contributed by atoms with Gasteiger partial charge in [-0.2, -0.15) is 0 Å². The smallest absolute Gasteiger partial charge is 0.0304 e. The molecular formula is C14H22N2S. The number of hydrogen-bond donors (Lipinski definition) is 2. The van der Waals surface area contributed by atoms with Crippen LogP contribution in [-0.4, -0.2) is 11.8 Å². The first-order valence-electron chi connectivity index (χ1n) is 6.44. The maximum atomic E-state index is 5.62. The molecule has 1 aliphatic carbocycles. The minimum atomic E-state index is 0.445. The number of hydrazine groups is 1. The number of nitrogens with two attached hydrogens (primary N) is 1. The molecule has 0 heterocycles. The lowest BCUT2D eigenvalue weighted by atomic mass is 10.1. The van der Waals surface area contributed by atoms with Gasteiger partial charge in [0.2, 0.25) is 0 Å². The lowest BCUT2D eigenvalue weighted by Gasteiger charge is -2.15. The van der Waals surface area contributed by atoms with E-state index in [1.807, 2.05) is 11.8 Å². The lowest BCUT2D eigenvalue weighted by Crippen LogP contribution is -2.37. The topological polar surface area (TPSA) is 38.0 Å². The summed E-state index contributed by atoms with van der Waals surface area (Å²) in [5.74, 6) is 7.68. The molecular weight excluding hydrogens is 228 g/mol. The second-order valence-corrected chi connectivity index (χ2v) is 6.02. The number of nitrogens with one attached hydrogen (secondary N) is 1. The zero-order valence-corrected chi connectivity index (χ0v) is 11.3. The minimum Gasteiger partial charge on any atom is -0.271 e. The van der Waals surface area contributed by atoms with Gasteiger partial charge in [0.1, 0.15) is 0 Å². The van der Waals surface area contributed by atoms with E-state index in [2.05, 4.69) is 36.6 Å². The van der Waals surface area contributed by atoms with Crippen molar-refractivity contribution in [1.82, 2.24) is 5.43 Å². The quantitative estimate of drug-likeness (QED) is 0.443. The first kappa shape index (κ1) is 12.9. The maximum Gasteiger partial charge on any atom is 0.0304 e. The number of thioether (sulfide) groups is 1. The van der Waals surface area contributed by atoms with Crippen LogP contribution >= 0.6 is 11.8 Å². The van der Waals surface area contributed by atoms with Crippen LogP contribution in [0.3, 0.4) is 0 Å². The summed E-state index contributed by atoms with van der Waals surface area (Å²) in [4.78, 5) is 1.37. The molecule has 1 aromatic carbocycles. The molecule has 1 aromatic rings. The third-order valence-electron chi connectivity index (χ3n) is 3.39. The molecule has 0 spiro atoms. The van der Waals surface area contributed by atoms with Gasteiger partial charge in [-0.05, 0) is 37.3 Å². The summed E-state index contributed by atoms with van der Waals surface area (Å²) in [7, 11) is 0. The lowest BCUT2D eigenvalue weighted by molar-refractivity contribution is 0.501. The summed E-state index contributed by atoms with van der Waals surface area (Å²) < 4.78 is 0. The van der Waals surface area contributed by atoms with Gasteiger partial charge in [-0.15, -0.1) is 11.8 Å². The van der Waals surface area contributed by atoms with Crippen LogP contribution in [0.5, 0.6) is 0 Å². The standard InChI is InChI=1S/C14H22N2S/c1-11-4-2-3-5-14(11)17-10-13(16-15)9-8-12-6-7-12/h2-5,12-13,16H,6-10,15H2,1H3. The van der Waals surface area contributed by atoms with Crippen LogP contribution in [0, 0.1) is 12.8 Å². The van der Waals surface area contributed by atoms with E-state index in [0.717, 1.165) is 11.7 Å². The number of aryl methyl sites for hydroxylation is 1. The van der Waals surface area contributed by atoms with Crippen LogP contribution in [0.15, 0.2) is 29.2 Å². The highest BCUT2D eigenvalue weighted by Gasteiger charge is 2.22. The summed E-state index contributed by atoms with van der Waals surface area (Å²) in [6, 6.07) is 8.99. The third-order valence-corrected chi connectivity index (χ3v) is 4.73. The molecule has 3 N–H and O–H groups in total. The molecule has 0 saturated heterocycles. The molecule has 94 valence electrons. The number of hydrogen-bond acceptors (Lipinski definition) is 3. The van der Waals surface area contributed by atoms with Crippen molar-refractivity contribution in [2.24, 2.45) is 11.8 Å². The molecule has 2 rings (SSSR count). The zero-order valence-electron chi connectivity index (χ0n) is 10.5. The first-order valence-corrected chi connectivity index (χ1v) is 7.42. The normalized spacial score (nSPS) is 17.1. The van der Waals surface area contributed by atoms with E-state index >= 15 is 0 Å². The van der Waals surface area contributed by atoms with Crippen LogP contribution in [0.2, 0.25) is 0 Å². The van der Waals surface area contributed by atoms with Gasteiger partial charge in [-0.25, -0.2) is 0 Å². The largest absolute Gasteiger partial charge is 0.271 e. The fourth-order valence-corrected chi connectivity index (χ4v) is 3.08. The summed E-state index contributed by atoms with van der Waals surface area (Å²) in [6.07, 6.45) is 5.41. The van der Waals surface area contributed by atoms with Crippen LogP contribution in [-0.2, 0) is 0 Å². The molecule has 3 heteroatoms. The van der Waals surface area contributed by atoms with Crippen LogP contribution in [0.1, 0.15) is 31.2 Å². The molecule has 0 radical (unpaired) electrons. The molecule has 1 aliphatic rings. The van der Waals surface area contributed by atoms with Gasteiger partial charge in [0.25, 0.3) is 0 Å². The Morgan fingerprint density at radius 1 is 1.41 bits per heavy atom. The summed E-state index contributed by atoms with van der Waals surface area (Å²) in [5.41, 5.74) is 4.31. The first-order chi connectivity index (χ1) is 8.29. The van der Waals surface area contributed by atoms with Crippen molar-refractivity contribution in [3.8, 4) is 0 Å². The number of rotatable bonds is 7. The minimum absolute atomic E-state index is 0.445. The second kappa shape index (κ2) is 6.43. The predicted molar refractivity (Wildman–Crippen MR) is 75.0 cm³/mol. The van der Waals surface area contributed by atoms with E-state index in [9.17, 15) is 0 Å². The highest BCUT2D eigenvalue weighted by molar-refractivity contribution is 7.99. The molecule has 0 bridgehead atoms. The Bertz CT molecular complexity index is 350. The summed E-state index contributed by atoms with van der Waals surface area (Å²) >= 11 is 1.91. The SMILES string of the molecule is Cc1ccccc1SCC(CCC1CC1)NN. The fraction of sp³-hybridized carbons (Fsp3) is 0.571. The van der Waals surface area contributed by atoms with Crippen molar-refractivity contribution in [2.75, 3.05) is 5.75 Å². The molecule has 0 amide bonds. The molecule has 1 unspecified atom stereocenters. The maximum absolute atomic E-state index is 5.62. The molecule has 17 heavy (non-hydrogen) atoms. The van der Waals surface area contributed by atoms with Gasteiger partial charge in [0, 0.05) is 16.7 Å². The average Bonchev–Trinajstić information content (AvgIpc) is 3.15. The molecule has 2 nitrogen and oxygen atoms in total. The van der Waals surface area contributed by atoms with E-state index < -0.39 is 0 Å². The van der Waals surface area contributed by atoms with Crippen molar-refractivity contribution in [3.05, 3.63) is 29.8 Å². The van der Waals surface area contributed by atoms with E-state index in [-0.39, 0.29) is 0 Å². The van der Waals surface area contributed by atoms with E-state index in [1.165, 1.54) is 36.1 Å². The Kier molecular flexibility index (Phi) is 4.89. The predicted octanol–water partition coefficient (Wildman–Crippen LogP) is 3.11. The summed E-state index contributed by atoms with van der Waals surface area (Å²) in [6.45, 7) is 2.16. The van der Waals surface area contributed by atoms with Crippen LogP contribution in [0.4, 0.5) is 0 Å². The van der Waals surface area contributed by atoms with Crippen molar-refractivity contribution < 1.29 is 0 Å². The Morgan fingerprint density at radius 2 is 2.18 bits per heavy atom. The van der Waals surface area contributed by atoms with Gasteiger partial charge in [0.15, 0.2) is 0 Å². The van der Waals surface area contributed by atoms with Gasteiger partial charge in [-0.1, -0.05) is 31.0 Å². The molecule has 0 aliphatic heterocycles. The van der Waals surface area contributed by atoms with Crippen molar-refractivity contribution >= 4 is 11.8 Å². The van der Waals surface area contributed by atoms with E-state index in [4.69, 9.17) is 5.84 Å². The monoisotopic (exact) mass is 250 g/mol. The Hall–Kier alpha value is -0.510. The third kappa shape index (κ3) is 4.34. The van der Waals surface area contributed by atoms with Crippen molar-refractivity contribution in [3.63, 3.8) is 0 Å². The van der Waals surface area contributed by atoms with Gasteiger partial charge in [-0.3, -0.25) is 11.3 Å². The highest BCUT2D eigenvalue weighted by Crippen LogP contribution is 2.34. The molecule has 0 aromatic heterocycles. The van der Waals surface area contributed by atoms with E-state index in [0.29, 0.717) is 6.04 Å². The van der Waals surface area contributed by atoms with Crippen molar-refractivity contribution in [1.29, 1.82) is 0 Å². The average molecular weight is 250 g/mol. The van der Waals surface area contributed by atoms with Gasteiger partial charge >= 0.3 is 0 Å². The Balaban J connectivity index is 1.76. The van der Waals surface area contributed by atoms with E-state index in [1.54, 1.807) is 0 Å². The number of benzene rings is 1. The van der Waals surface area contributed by atoms with Crippen LogP contribution in [0.25, 0.3) is 0 Å². The summed E-state index contributed by atoms with van der Waals surface area (Å²) in [5, 5.41) is 0. The highest BCUT2D eigenvalue weighted by atomic mass is 32.2. The second-order valence-electron chi connectivity index (χ2n) is 4.96. The van der Waals surface area contributed by atoms with Gasteiger partial charge in [0.05, 0.1) is 0 Å².